The Morgan fingerprint density at radius 2 is 1.93 bits per heavy atom. The second-order valence-corrected chi connectivity index (χ2v) is 7.50. The third-order valence-corrected chi connectivity index (χ3v) is 5.37. The third-order valence-electron chi connectivity index (χ3n) is 5.37. The second-order valence-electron chi connectivity index (χ2n) is 7.50. The fourth-order valence-corrected chi connectivity index (χ4v) is 3.86. The standard InChI is InChI=1S/C21H23F3N5/c1-28-11-9-17-18(15-5-7-16(8-6-15)21(22,23)24)26-27-20(19(17)28)29(2)13-14-4-3-10-25-12-14/h5-9,11,13-14,25H,3-4,10,12H2,1-2H3/q+1/b29-13-. The van der Waals surface area contributed by atoms with Crippen LogP contribution in [0.3, 0.4) is 0 Å². The maximum atomic E-state index is 12.9. The van der Waals surface area contributed by atoms with Crippen LogP contribution in [0, 0.1) is 5.92 Å². The van der Waals surface area contributed by atoms with Crippen LogP contribution in [0.4, 0.5) is 19.0 Å². The summed E-state index contributed by atoms with van der Waals surface area (Å²) in [4.78, 5) is 0. The number of hydrogen-bond acceptors (Lipinski definition) is 3. The SMILES string of the molecule is Cn1ccc2c(-c3ccc(C(F)(F)F)cc3)nnc(/[N+](C)=C\C3CCCNC3)c21. The quantitative estimate of drug-likeness (QED) is 0.532. The summed E-state index contributed by atoms with van der Waals surface area (Å²) in [5, 5.41) is 13.1. The molecule has 0 spiro atoms. The van der Waals surface area contributed by atoms with Crippen LogP contribution in [0.5, 0.6) is 0 Å². The number of aryl methyl sites for hydroxylation is 1. The van der Waals surface area contributed by atoms with Gasteiger partial charge in [-0.05, 0) is 42.7 Å². The van der Waals surface area contributed by atoms with E-state index in [1.54, 1.807) is 0 Å². The van der Waals surface area contributed by atoms with E-state index in [9.17, 15) is 13.2 Å². The first-order chi connectivity index (χ1) is 13.8. The van der Waals surface area contributed by atoms with Crippen molar-refractivity contribution < 1.29 is 17.7 Å². The highest BCUT2D eigenvalue weighted by Gasteiger charge is 2.30. The Bertz CT molecular complexity index is 1040. The van der Waals surface area contributed by atoms with Gasteiger partial charge in [0.2, 0.25) is 0 Å². The average Bonchev–Trinajstić information content (AvgIpc) is 3.09. The molecule has 0 radical (unpaired) electrons. The van der Waals surface area contributed by atoms with E-state index in [1.165, 1.54) is 12.1 Å². The summed E-state index contributed by atoms with van der Waals surface area (Å²) >= 11 is 0. The van der Waals surface area contributed by atoms with Crippen molar-refractivity contribution in [2.45, 2.75) is 19.0 Å². The molecule has 0 bridgehead atoms. The Morgan fingerprint density at radius 1 is 1.17 bits per heavy atom. The zero-order chi connectivity index (χ0) is 20.6. The number of hydrogen-bond donors (Lipinski definition) is 1. The Hall–Kier alpha value is -2.74. The van der Waals surface area contributed by atoms with Gasteiger partial charge in [-0.2, -0.15) is 13.2 Å². The van der Waals surface area contributed by atoms with Gasteiger partial charge in [-0.1, -0.05) is 12.1 Å². The number of piperidine rings is 1. The number of benzene rings is 1. The first kappa shape index (κ1) is 19.6. The predicted octanol–water partition coefficient (Wildman–Crippen LogP) is 4.00. The van der Waals surface area contributed by atoms with Crippen LogP contribution >= 0.6 is 0 Å². The Labute approximate surface area is 166 Å². The molecule has 1 unspecified atom stereocenters. The van der Waals surface area contributed by atoms with Crippen LogP contribution in [-0.4, -0.2) is 45.7 Å². The molecule has 3 aromatic rings. The molecule has 1 fully saturated rings. The number of fused-ring (bicyclic) bond motifs is 1. The molecule has 4 rings (SSSR count). The van der Waals surface area contributed by atoms with Crippen molar-refractivity contribution >= 4 is 22.9 Å². The van der Waals surface area contributed by atoms with Gasteiger partial charge in [0.25, 0.3) is 0 Å². The summed E-state index contributed by atoms with van der Waals surface area (Å²) in [5.74, 6) is 1.16. The van der Waals surface area contributed by atoms with Gasteiger partial charge in [0, 0.05) is 36.7 Å². The van der Waals surface area contributed by atoms with Gasteiger partial charge in [-0.25, -0.2) is 4.58 Å². The van der Waals surface area contributed by atoms with Crippen LogP contribution in [0.1, 0.15) is 18.4 Å². The van der Waals surface area contributed by atoms with Crippen molar-refractivity contribution in [1.29, 1.82) is 0 Å². The van der Waals surface area contributed by atoms with Crippen molar-refractivity contribution in [3.05, 3.63) is 42.1 Å². The normalized spacial score (nSPS) is 18.4. The smallest absolute Gasteiger partial charge is 0.344 e. The van der Waals surface area contributed by atoms with Gasteiger partial charge in [0.05, 0.1) is 23.9 Å². The van der Waals surface area contributed by atoms with Gasteiger partial charge in [0.1, 0.15) is 11.2 Å². The van der Waals surface area contributed by atoms with E-state index in [1.807, 2.05) is 35.5 Å². The number of nitrogens with one attached hydrogen (secondary N) is 1. The molecule has 1 aliphatic heterocycles. The molecule has 0 aliphatic carbocycles. The molecule has 1 aliphatic rings. The summed E-state index contributed by atoms with van der Waals surface area (Å²) in [6.45, 7) is 2.00. The van der Waals surface area contributed by atoms with E-state index >= 15 is 0 Å². The molecular formula is C21H23F3N5+. The summed E-state index contributed by atoms with van der Waals surface area (Å²) < 4.78 is 42.6. The van der Waals surface area contributed by atoms with Gasteiger partial charge in [-0.15, -0.1) is 0 Å². The zero-order valence-electron chi connectivity index (χ0n) is 16.4. The molecule has 5 nitrogen and oxygen atoms in total. The number of nitrogens with zero attached hydrogens (tertiary/aromatic N) is 4. The molecular weight excluding hydrogens is 379 g/mol. The third kappa shape index (κ3) is 3.89. The lowest BCUT2D eigenvalue weighted by Gasteiger charge is -2.18. The molecule has 29 heavy (non-hydrogen) atoms. The molecule has 2 aromatic heterocycles. The van der Waals surface area contributed by atoms with Crippen LogP contribution in [-0.2, 0) is 13.2 Å². The van der Waals surface area contributed by atoms with Crippen molar-refractivity contribution in [1.82, 2.24) is 20.1 Å². The van der Waals surface area contributed by atoms with Crippen LogP contribution in [0.15, 0.2) is 36.5 Å². The lowest BCUT2D eigenvalue weighted by Crippen LogP contribution is -2.32. The first-order valence-electron chi connectivity index (χ1n) is 9.62. The van der Waals surface area contributed by atoms with Crippen molar-refractivity contribution in [3.8, 4) is 11.3 Å². The number of aromatic nitrogens is 3. The average molecular weight is 402 g/mol. The Morgan fingerprint density at radius 3 is 2.59 bits per heavy atom. The van der Waals surface area contributed by atoms with Crippen molar-refractivity contribution in [2.24, 2.45) is 13.0 Å². The molecule has 1 atom stereocenters. The Kier molecular flexibility index (Phi) is 5.12. The topological polar surface area (TPSA) is 45.8 Å². The van der Waals surface area contributed by atoms with Gasteiger partial charge >= 0.3 is 12.0 Å². The second kappa shape index (κ2) is 7.59. The van der Waals surface area contributed by atoms with Gasteiger partial charge < -0.3 is 9.88 Å². The molecule has 3 heterocycles. The minimum Gasteiger partial charge on any atom is -0.344 e. The van der Waals surface area contributed by atoms with E-state index < -0.39 is 11.7 Å². The highest BCUT2D eigenvalue weighted by atomic mass is 19.4. The highest BCUT2D eigenvalue weighted by Crippen LogP contribution is 2.34. The summed E-state index contributed by atoms with van der Waals surface area (Å²) in [6, 6.07) is 6.98. The van der Waals surface area contributed by atoms with E-state index in [0.717, 1.165) is 54.8 Å². The monoisotopic (exact) mass is 402 g/mol. The van der Waals surface area contributed by atoms with Crippen LogP contribution in [0.2, 0.25) is 0 Å². The van der Waals surface area contributed by atoms with Crippen LogP contribution in [0.25, 0.3) is 22.2 Å². The van der Waals surface area contributed by atoms with Gasteiger partial charge in [-0.3, -0.25) is 0 Å². The fraction of sp³-hybridized carbons (Fsp3) is 0.381. The van der Waals surface area contributed by atoms with Gasteiger partial charge in [0.15, 0.2) is 0 Å². The largest absolute Gasteiger partial charge is 0.416 e. The summed E-state index contributed by atoms with van der Waals surface area (Å²) in [7, 11) is 3.89. The minimum absolute atomic E-state index is 0.431. The number of alkyl halides is 3. The molecule has 152 valence electrons. The summed E-state index contributed by atoms with van der Waals surface area (Å²) in [5.41, 5.74) is 1.41. The zero-order valence-corrected chi connectivity index (χ0v) is 16.4. The lowest BCUT2D eigenvalue weighted by atomic mass is 10.0. The number of halogens is 3. The van der Waals surface area contributed by atoms with E-state index in [2.05, 4.69) is 21.7 Å². The molecule has 8 heteroatoms. The van der Waals surface area contributed by atoms with E-state index in [0.29, 0.717) is 17.2 Å². The lowest BCUT2D eigenvalue weighted by molar-refractivity contribution is -0.405. The van der Waals surface area contributed by atoms with Crippen molar-refractivity contribution in [2.75, 3.05) is 20.1 Å². The minimum atomic E-state index is -4.36. The molecule has 1 aromatic carbocycles. The summed E-state index contributed by atoms with van der Waals surface area (Å²) in [6.07, 6.45) is 2.00. The maximum absolute atomic E-state index is 12.9. The van der Waals surface area contributed by atoms with E-state index in [-0.39, 0.29) is 0 Å². The molecule has 0 saturated carbocycles. The molecule has 1 saturated heterocycles. The van der Waals surface area contributed by atoms with Crippen LogP contribution < -0.4 is 5.32 Å². The maximum Gasteiger partial charge on any atom is 0.416 e. The Balaban J connectivity index is 1.75. The fourth-order valence-electron chi connectivity index (χ4n) is 3.86. The van der Waals surface area contributed by atoms with Crippen molar-refractivity contribution in [3.63, 3.8) is 0 Å². The number of rotatable bonds is 3. The first-order valence-corrected chi connectivity index (χ1v) is 9.62. The highest BCUT2D eigenvalue weighted by molar-refractivity contribution is 5.97. The molecule has 0 amide bonds. The predicted molar refractivity (Wildman–Crippen MR) is 106 cm³/mol. The van der Waals surface area contributed by atoms with E-state index in [4.69, 9.17) is 0 Å². The molecule has 1 N–H and O–H groups in total.